The Kier molecular flexibility index (Phi) is 4.98. The molecule has 4 nitrogen and oxygen atoms in total. The molecule has 84 valence electrons. The molecule has 1 aromatic rings. The number of carbonyl (C=O) groups is 1. The Labute approximate surface area is 98.2 Å². The third kappa shape index (κ3) is 4.57. The second-order valence-corrected chi connectivity index (χ2v) is 5.12. The maximum atomic E-state index is 11.5. The van der Waals surface area contributed by atoms with Gasteiger partial charge in [0.25, 0.3) is 5.91 Å². The van der Waals surface area contributed by atoms with Crippen molar-refractivity contribution in [1.29, 1.82) is 0 Å². The summed E-state index contributed by atoms with van der Waals surface area (Å²) in [5, 5.41) is 6.32. The van der Waals surface area contributed by atoms with Crippen LogP contribution in [0.4, 0.5) is 0 Å². The summed E-state index contributed by atoms with van der Waals surface area (Å²) in [6, 6.07) is 0. The van der Waals surface area contributed by atoms with Crippen LogP contribution in [-0.4, -0.2) is 27.4 Å². The number of carbonyl (C=O) groups excluding carboxylic acids is 1. The summed E-state index contributed by atoms with van der Waals surface area (Å²) in [5.41, 5.74) is 0. The van der Waals surface area contributed by atoms with Crippen LogP contribution in [0, 0.1) is 5.92 Å². The minimum Gasteiger partial charge on any atom is -0.350 e. The Balaban J connectivity index is 2.28. The smallest absolute Gasteiger partial charge is 0.264 e. The molecular formula is C9H14ClN3OS. The second kappa shape index (κ2) is 6.02. The third-order valence-corrected chi connectivity index (χ3v) is 2.79. The average Bonchev–Trinajstić information content (AvgIpc) is 2.65. The van der Waals surface area contributed by atoms with Crippen LogP contribution in [0.5, 0.6) is 0 Å². The summed E-state index contributed by atoms with van der Waals surface area (Å²) >= 11 is 7.12. The van der Waals surface area contributed by atoms with Crippen LogP contribution in [0.1, 0.15) is 29.9 Å². The van der Waals surface area contributed by atoms with Crippen molar-refractivity contribution >= 4 is 29.0 Å². The zero-order valence-electron chi connectivity index (χ0n) is 8.74. The summed E-state index contributed by atoms with van der Waals surface area (Å²) in [6.07, 6.45) is 2.34. The fourth-order valence-corrected chi connectivity index (χ4v) is 2.02. The Morgan fingerprint density at radius 1 is 1.67 bits per heavy atom. The first kappa shape index (κ1) is 12.4. The molecule has 1 unspecified atom stereocenters. The molecule has 1 aromatic heterocycles. The molecule has 1 N–H and O–H groups in total. The molecule has 0 saturated heterocycles. The predicted octanol–water partition coefficient (Wildman–Crippen LogP) is 1.92. The lowest BCUT2D eigenvalue weighted by Crippen LogP contribution is -2.29. The molecule has 1 amide bonds. The van der Waals surface area contributed by atoms with Gasteiger partial charge in [0, 0.05) is 6.54 Å². The van der Waals surface area contributed by atoms with Crippen LogP contribution in [0.2, 0.25) is 0 Å². The Morgan fingerprint density at radius 3 is 2.93 bits per heavy atom. The van der Waals surface area contributed by atoms with Crippen molar-refractivity contribution in [1.82, 2.24) is 14.9 Å². The van der Waals surface area contributed by atoms with E-state index in [0.717, 1.165) is 18.0 Å². The molecule has 0 fully saturated rings. The van der Waals surface area contributed by atoms with Crippen molar-refractivity contribution in [2.45, 2.75) is 25.6 Å². The standard InChI is InChI=1S/C9H14ClN3OS/c1-6(2)3-7(10)4-11-9(14)8-5-12-13-15-8/h5-7H,3-4H2,1-2H3,(H,11,14). The fraction of sp³-hybridized carbons (Fsp3) is 0.667. The van der Waals surface area contributed by atoms with E-state index in [0.29, 0.717) is 17.3 Å². The predicted molar refractivity (Wildman–Crippen MR) is 61.3 cm³/mol. The minimum atomic E-state index is -0.153. The van der Waals surface area contributed by atoms with Crippen molar-refractivity contribution < 1.29 is 4.79 Å². The molecular weight excluding hydrogens is 234 g/mol. The van der Waals surface area contributed by atoms with Crippen molar-refractivity contribution in [3.05, 3.63) is 11.1 Å². The van der Waals surface area contributed by atoms with Crippen molar-refractivity contribution in [3.63, 3.8) is 0 Å². The Hall–Kier alpha value is -0.680. The van der Waals surface area contributed by atoms with Crippen molar-refractivity contribution in [2.75, 3.05) is 6.54 Å². The van der Waals surface area contributed by atoms with Gasteiger partial charge in [0.05, 0.1) is 11.6 Å². The number of nitrogens with zero attached hydrogens (tertiary/aromatic N) is 2. The number of aromatic nitrogens is 2. The lowest BCUT2D eigenvalue weighted by molar-refractivity contribution is 0.0956. The summed E-state index contributed by atoms with van der Waals surface area (Å²) in [4.78, 5) is 12.0. The van der Waals surface area contributed by atoms with E-state index in [1.807, 2.05) is 0 Å². The average molecular weight is 248 g/mol. The molecule has 0 radical (unpaired) electrons. The first-order chi connectivity index (χ1) is 7.09. The molecule has 0 saturated carbocycles. The monoisotopic (exact) mass is 247 g/mol. The summed E-state index contributed by atoms with van der Waals surface area (Å²) in [7, 11) is 0. The largest absolute Gasteiger partial charge is 0.350 e. The number of halogens is 1. The number of nitrogens with one attached hydrogen (secondary N) is 1. The number of alkyl halides is 1. The maximum Gasteiger partial charge on any atom is 0.264 e. The van der Waals surface area contributed by atoms with E-state index < -0.39 is 0 Å². The SMILES string of the molecule is CC(C)CC(Cl)CNC(=O)c1cnns1. The van der Waals surface area contributed by atoms with Gasteiger partial charge in [0.2, 0.25) is 0 Å². The van der Waals surface area contributed by atoms with E-state index in [9.17, 15) is 4.79 Å². The van der Waals surface area contributed by atoms with Crippen molar-refractivity contribution in [3.8, 4) is 0 Å². The summed E-state index contributed by atoms with van der Waals surface area (Å²) < 4.78 is 3.62. The van der Waals surface area contributed by atoms with Gasteiger partial charge >= 0.3 is 0 Å². The third-order valence-electron chi connectivity index (χ3n) is 1.80. The van der Waals surface area contributed by atoms with E-state index >= 15 is 0 Å². The second-order valence-electron chi connectivity index (χ2n) is 3.72. The van der Waals surface area contributed by atoms with Gasteiger partial charge < -0.3 is 5.32 Å². The van der Waals surface area contributed by atoms with Gasteiger partial charge in [0.1, 0.15) is 4.88 Å². The van der Waals surface area contributed by atoms with Crippen LogP contribution < -0.4 is 5.32 Å². The molecule has 0 aliphatic carbocycles. The van der Waals surface area contributed by atoms with Crippen LogP contribution in [0.15, 0.2) is 6.20 Å². The van der Waals surface area contributed by atoms with E-state index in [1.165, 1.54) is 6.20 Å². The number of amides is 1. The summed E-state index contributed by atoms with van der Waals surface area (Å²) in [6.45, 7) is 4.69. The normalized spacial score (nSPS) is 12.8. The molecule has 1 atom stereocenters. The molecule has 0 aromatic carbocycles. The van der Waals surface area contributed by atoms with Crippen molar-refractivity contribution in [2.24, 2.45) is 5.92 Å². The van der Waals surface area contributed by atoms with Crippen LogP contribution in [0.3, 0.4) is 0 Å². The Morgan fingerprint density at radius 2 is 2.40 bits per heavy atom. The molecule has 0 aliphatic heterocycles. The highest BCUT2D eigenvalue weighted by molar-refractivity contribution is 7.07. The number of rotatable bonds is 5. The van der Waals surface area contributed by atoms with Crippen LogP contribution in [0.25, 0.3) is 0 Å². The van der Waals surface area contributed by atoms with Gasteiger partial charge in [-0.1, -0.05) is 18.3 Å². The molecule has 0 aliphatic rings. The highest BCUT2D eigenvalue weighted by Crippen LogP contribution is 2.10. The molecule has 6 heteroatoms. The van der Waals surface area contributed by atoms with Gasteiger partial charge in [0.15, 0.2) is 0 Å². The van der Waals surface area contributed by atoms with Gasteiger partial charge in [-0.15, -0.1) is 16.7 Å². The first-order valence-corrected chi connectivity index (χ1v) is 6.00. The fourth-order valence-electron chi connectivity index (χ4n) is 1.15. The maximum absolute atomic E-state index is 11.5. The highest BCUT2D eigenvalue weighted by Gasteiger charge is 2.11. The molecule has 0 bridgehead atoms. The first-order valence-electron chi connectivity index (χ1n) is 4.79. The quantitative estimate of drug-likeness (QED) is 0.809. The van der Waals surface area contributed by atoms with Crippen LogP contribution >= 0.6 is 23.1 Å². The topological polar surface area (TPSA) is 54.9 Å². The van der Waals surface area contributed by atoms with Gasteiger partial charge in [-0.2, -0.15) is 0 Å². The van der Waals surface area contributed by atoms with E-state index in [4.69, 9.17) is 11.6 Å². The zero-order valence-corrected chi connectivity index (χ0v) is 10.3. The zero-order chi connectivity index (χ0) is 11.3. The van der Waals surface area contributed by atoms with E-state index in [2.05, 4.69) is 28.8 Å². The lowest BCUT2D eigenvalue weighted by atomic mass is 10.1. The molecule has 0 spiro atoms. The lowest BCUT2D eigenvalue weighted by Gasteiger charge is -2.12. The van der Waals surface area contributed by atoms with E-state index in [1.54, 1.807) is 0 Å². The highest BCUT2D eigenvalue weighted by atomic mass is 35.5. The number of hydrogen-bond donors (Lipinski definition) is 1. The number of hydrogen-bond acceptors (Lipinski definition) is 4. The summed E-state index contributed by atoms with van der Waals surface area (Å²) in [5.74, 6) is 0.383. The molecule has 1 rings (SSSR count). The van der Waals surface area contributed by atoms with Gasteiger partial charge in [-0.3, -0.25) is 4.79 Å². The minimum absolute atomic E-state index is 0.0187. The van der Waals surface area contributed by atoms with E-state index in [-0.39, 0.29) is 11.3 Å². The van der Waals surface area contributed by atoms with Gasteiger partial charge in [-0.05, 0) is 23.9 Å². The van der Waals surface area contributed by atoms with Crippen LogP contribution in [-0.2, 0) is 0 Å². The molecule has 1 heterocycles. The van der Waals surface area contributed by atoms with Gasteiger partial charge in [-0.25, -0.2) is 0 Å². The molecule has 15 heavy (non-hydrogen) atoms. The Bertz CT molecular complexity index is 302.